The van der Waals surface area contributed by atoms with Crippen molar-refractivity contribution in [2.24, 2.45) is 0 Å². The predicted molar refractivity (Wildman–Crippen MR) is 90.9 cm³/mol. The SMILES string of the molecule is C[C@@H](NC(=O)c1ccc(C(F)(F)F)cc1)C(=O)N1CCc2ccccc21. The highest BCUT2D eigenvalue weighted by Crippen LogP contribution is 2.29. The zero-order valence-electron chi connectivity index (χ0n) is 14.0. The zero-order chi connectivity index (χ0) is 18.9. The van der Waals surface area contributed by atoms with Gasteiger partial charge in [-0.05, 0) is 49.2 Å². The number of fused-ring (bicyclic) bond motifs is 1. The highest BCUT2D eigenvalue weighted by molar-refractivity contribution is 6.03. The molecular weight excluding hydrogens is 345 g/mol. The van der Waals surface area contributed by atoms with E-state index >= 15 is 0 Å². The van der Waals surface area contributed by atoms with Gasteiger partial charge in [-0.2, -0.15) is 13.2 Å². The van der Waals surface area contributed by atoms with Gasteiger partial charge < -0.3 is 10.2 Å². The van der Waals surface area contributed by atoms with Gasteiger partial charge in [0.05, 0.1) is 5.56 Å². The first-order valence-electron chi connectivity index (χ1n) is 8.15. The summed E-state index contributed by atoms with van der Waals surface area (Å²) in [5.41, 5.74) is 1.14. The van der Waals surface area contributed by atoms with Crippen LogP contribution in [0.4, 0.5) is 18.9 Å². The number of anilines is 1. The smallest absolute Gasteiger partial charge is 0.341 e. The summed E-state index contributed by atoms with van der Waals surface area (Å²) < 4.78 is 37.7. The van der Waals surface area contributed by atoms with E-state index in [9.17, 15) is 22.8 Å². The van der Waals surface area contributed by atoms with E-state index in [2.05, 4.69) is 5.32 Å². The maximum atomic E-state index is 12.6. The number of nitrogens with one attached hydrogen (secondary N) is 1. The van der Waals surface area contributed by atoms with Crippen LogP contribution in [0.15, 0.2) is 48.5 Å². The fraction of sp³-hybridized carbons (Fsp3) is 0.263. The Kier molecular flexibility index (Phi) is 4.71. The third kappa shape index (κ3) is 3.56. The van der Waals surface area contributed by atoms with Crippen LogP contribution in [0.1, 0.15) is 28.4 Å². The molecule has 1 aliphatic heterocycles. The molecule has 2 amide bonds. The maximum absolute atomic E-state index is 12.6. The van der Waals surface area contributed by atoms with Gasteiger partial charge in [0.25, 0.3) is 5.91 Å². The Labute approximate surface area is 148 Å². The molecule has 1 aliphatic rings. The molecule has 0 bridgehead atoms. The highest BCUT2D eigenvalue weighted by Gasteiger charge is 2.31. The quantitative estimate of drug-likeness (QED) is 0.910. The fourth-order valence-corrected chi connectivity index (χ4v) is 2.95. The number of hydrogen-bond donors (Lipinski definition) is 1. The van der Waals surface area contributed by atoms with E-state index in [-0.39, 0.29) is 11.5 Å². The van der Waals surface area contributed by atoms with E-state index in [4.69, 9.17) is 0 Å². The number of hydrogen-bond acceptors (Lipinski definition) is 2. The lowest BCUT2D eigenvalue weighted by atomic mass is 10.1. The Morgan fingerprint density at radius 1 is 1.08 bits per heavy atom. The van der Waals surface area contributed by atoms with Gasteiger partial charge in [-0.25, -0.2) is 0 Å². The number of nitrogens with zero attached hydrogens (tertiary/aromatic N) is 1. The number of amides is 2. The molecule has 26 heavy (non-hydrogen) atoms. The van der Waals surface area contributed by atoms with E-state index in [0.29, 0.717) is 6.54 Å². The molecule has 1 heterocycles. The minimum Gasteiger partial charge on any atom is -0.341 e. The lowest BCUT2D eigenvalue weighted by Crippen LogP contribution is -2.46. The Bertz CT molecular complexity index is 831. The number of carbonyl (C=O) groups is 2. The molecule has 0 fully saturated rings. The summed E-state index contributed by atoms with van der Waals surface area (Å²) in [7, 11) is 0. The topological polar surface area (TPSA) is 49.4 Å². The summed E-state index contributed by atoms with van der Waals surface area (Å²) >= 11 is 0. The summed E-state index contributed by atoms with van der Waals surface area (Å²) in [5, 5.41) is 2.55. The average molecular weight is 362 g/mol. The van der Waals surface area contributed by atoms with Gasteiger partial charge in [-0.3, -0.25) is 9.59 Å². The molecule has 7 heteroatoms. The van der Waals surface area contributed by atoms with Crippen molar-refractivity contribution in [1.82, 2.24) is 5.32 Å². The van der Waals surface area contributed by atoms with Crippen LogP contribution < -0.4 is 10.2 Å². The van der Waals surface area contributed by atoms with E-state index in [0.717, 1.165) is 41.9 Å². The van der Waals surface area contributed by atoms with Gasteiger partial charge in [0.1, 0.15) is 6.04 Å². The molecule has 0 spiro atoms. The summed E-state index contributed by atoms with van der Waals surface area (Å²) in [5.74, 6) is -0.845. The summed E-state index contributed by atoms with van der Waals surface area (Å²) in [4.78, 5) is 26.5. The number of alkyl halides is 3. The number of carbonyl (C=O) groups excluding carboxylic acids is 2. The lowest BCUT2D eigenvalue weighted by Gasteiger charge is -2.22. The van der Waals surface area contributed by atoms with Crippen molar-refractivity contribution in [2.45, 2.75) is 25.6 Å². The number of rotatable bonds is 3. The Balaban J connectivity index is 1.67. The molecule has 136 valence electrons. The zero-order valence-corrected chi connectivity index (χ0v) is 14.0. The standard InChI is InChI=1S/C19H17F3N2O2/c1-12(18(26)24-11-10-13-4-2-3-5-16(13)24)23-17(25)14-6-8-15(9-7-14)19(20,21)22/h2-9,12H,10-11H2,1H3,(H,23,25)/t12-/m1/s1. The molecule has 3 rings (SSSR count). The normalized spacial score (nSPS) is 14.7. The van der Waals surface area contributed by atoms with Gasteiger partial charge in [0.15, 0.2) is 0 Å². The lowest BCUT2D eigenvalue weighted by molar-refractivity contribution is -0.137. The van der Waals surface area contributed by atoms with E-state index in [1.165, 1.54) is 0 Å². The minimum absolute atomic E-state index is 0.0690. The van der Waals surface area contributed by atoms with Crippen molar-refractivity contribution in [1.29, 1.82) is 0 Å². The van der Waals surface area contributed by atoms with Gasteiger partial charge in [0, 0.05) is 17.8 Å². The number of benzene rings is 2. The second-order valence-electron chi connectivity index (χ2n) is 6.14. The van der Waals surface area contributed by atoms with Crippen LogP contribution in [0, 0.1) is 0 Å². The molecule has 0 saturated heterocycles. The van der Waals surface area contributed by atoms with Crippen molar-refractivity contribution < 1.29 is 22.8 Å². The fourth-order valence-electron chi connectivity index (χ4n) is 2.95. The van der Waals surface area contributed by atoms with Crippen LogP contribution in [0.3, 0.4) is 0 Å². The van der Waals surface area contributed by atoms with Crippen molar-refractivity contribution >= 4 is 17.5 Å². The Morgan fingerprint density at radius 3 is 2.38 bits per heavy atom. The predicted octanol–water partition coefficient (Wildman–Crippen LogP) is 3.41. The number of halogens is 3. The van der Waals surface area contributed by atoms with E-state index in [1.807, 2.05) is 24.3 Å². The van der Waals surface area contributed by atoms with Gasteiger partial charge in [-0.1, -0.05) is 18.2 Å². The van der Waals surface area contributed by atoms with Gasteiger partial charge >= 0.3 is 6.18 Å². The summed E-state index contributed by atoms with van der Waals surface area (Å²) in [6.45, 7) is 2.10. The molecule has 1 N–H and O–H groups in total. The Hall–Kier alpha value is -2.83. The van der Waals surface area contributed by atoms with Crippen LogP contribution in [-0.4, -0.2) is 24.4 Å². The highest BCUT2D eigenvalue weighted by atomic mass is 19.4. The van der Waals surface area contributed by atoms with Crippen LogP contribution in [0.25, 0.3) is 0 Å². The molecule has 0 aliphatic carbocycles. The van der Waals surface area contributed by atoms with Crippen LogP contribution in [0.5, 0.6) is 0 Å². The van der Waals surface area contributed by atoms with Crippen LogP contribution in [0.2, 0.25) is 0 Å². The molecule has 2 aromatic rings. The minimum atomic E-state index is -4.46. The first kappa shape index (κ1) is 18.0. The number of para-hydroxylation sites is 1. The molecular formula is C19H17F3N2O2. The average Bonchev–Trinajstić information content (AvgIpc) is 3.04. The summed E-state index contributed by atoms with van der Waals surface area (Å²) in [6.07, 6.45) is -3.71. The monoisotopic (exact) mass is 362 g/mol. The Morgan fingerprint density at radius 2 is 1.73 bits per heavy atom. The molecule has 0 aromatic heterocycles. The van der Waals surface area contributed by atoms with Crippen molar-refractivity contribution in [2.75, 3.05) is 11.4 Å². The van der Waals surface area contributed by atoms with E-state index in [1.54, 1.807) is 11.8 Å². The molecule has 4 nitrogen and oxygen atoms in total. The second-order valence-corrected chi connectivity index (χ2v) is 6.14. The molecule has 2 aromatic carbocycles. The van der Waals surface area contributed by atoms with Crippen LogP contribution >= 0.6 is 0 Å². The molecule has 0 unspecified atom stereocenters. The molecule has 1 atom stereocenters. The van der Waals surface area contributed by atoms with Crippen LogP contribution in [-0.2, 0) is 17.4 Å². The third-order valence-electron chi connectivity index (χ3n) is 4.35. The molecule has 0 radical (unpaired) electrons. The molecule has 0 saturated carbocycles. The van der Waals surface area contributed by atoms with Crippen molar-refractivity contribution in [3.05, 3.63) is 65.2 Å². The third-order valence-corrected chi connectivity index (χ3v) is 4.35. The van der Waals surface area contributed by atoms with Gasteiger partial charge in [-0.15, -0.1) is 0 Å². The maximum Gasteiger partial charge on any atom is 0.416 e. The second kappa shape index (κ2) is 6.82. The van der Waals surface area contributed by atoms with Crippen molar-refractivity contribution in [3.8, 4) is 0 Å². The largest absolute Gasteiger partial charge is 0.416 e. The van der Waals surface area contributed by atoms with Crippen molar-refractivity contribution in [3.63, 3.8) is 0 Å². The van der Waals surface area contributed by atoms with Gasteiger partial charge in [0.2, 0.25) is 5.91 Å². The summed E-state index contributed by atoms with van der Waals surface area (Å²) in [6, 6.07) is 10.6. The first-order chi connectivity index (χ1) is 12.3. The van der Waals surface area contributed by atoms with E-state index < -0.39 is 23.7 Å². The first-order valence-corrected chi connectivity index (χ1v) is 8.15.